The molecular weight excluding hydrogens is 496 g/mol. The summed E-state index contributed by atoms with van der Waals surface area (Å²) in [6.45, 7) is 4.03. The van der Waals surface area contributed by atoms with Gasteiger partial charge in [0.15, 0.2) is 6.61 Å². The van der Waals surface area contributed by atoms with Gasteiger partial charge in [-0.05, 0) is 55.5 Å². The van der Waals surface area contributed by atoms with Crippen LogP contribution in [0.15, 0.2) is 72.8 Å². The molecule has 1 fully saturated rings. The number of rotatable bonds is 10. The molecule has 0 heterocycles. The number of aryl methyl sites for hydroxylation is 2. The first kappa shape index (κ1) is 27.7. The normalized spacial score (nSPS) is 14.5. The second-order valence-corrected chi connectivity index (χ2v) is 10.6. The van der Waals surface area contributed by atoms with Crippen LogP contribution in [-0.2, 0) is 22.6 Å². The largest absolute Gasteiger partial charge is 0.483 e. The first-order chi connectivity index (χ1) is 18.4. The van der Waals surface area contributed by atoms with Gasteiger partial charge in [-0.25, -0.2) is 0 Å². The van der Waals surface area contributed by atoms with Gasteiger partial charge < -0.3 is 15.0 Å². The summed E-state index contributed by atoms with van der Waals surface area (Å²) in [5.74, 6) is 0.269. The third-order valence-corrected chi connectivity index (χ3v) is 7.57. The number of benzene rings is 3. The number of nitrogens with one attached hydrogen (secondary N) is 1. The Hall–Kier alpha value is -3.31. The van der Waals surface area contributed by atoms with Gasteiger partial charge >= 0.3 is 0 Å². The fraction of sp³-hybridized carbons (Fsp3) is 0.375. The first-order valence-corrected chi connectivity index (χ1v) is 13.9. The third kappa shape index (κ3) is 7.61. The second-order valence-electron chi connectivity index (χ2n) is 10.2. The molecule has 1 aliphatic carbocycles. The maximum Gasteiger partial charge on any atom is 0.261 e. The highest BCUT2D eigenvalue weighted by Gasteiger charge is 2.32. The molecule has 1 atom stereocenters. The predicted octanol–water partition coefficient (Wildman–Crippen LogP) is 6.42. The first-order valence-electron chi connectivity index (χ1n) is 13.5. The molecule has 1 aliphatic rings. The molecule has 5 nitrogen and oxygen atoms in total. The Morgan fingerprint density at radius 2 is 1.68 bits per heavy atom. The number of carbonyl (C=O) groups is 2. The number of halogens is 1. The van der Waals surface area contributed by atoms with E-state index in [1.807, 2.05) is 80.6 Å². The average Bonchev–Trinajstić information content (AvgIpc) is 2.92. The molecule has 38 heavy (non-hydrogen) atoms. The lowest BCUT2D eigenvalue weighted by Crippen LogP contribution is -2.53. The molecule has 1 saturated carbocycles. The van der Waals surface area contributed by atoms with Gasteiger partial charge in [-0.1, -0.05) is 97.1 Å². The van der Waals surface area contributed by atoms with Crippen molar-refractivity contribution in [3.05, 3.63) is 100 Å². The van der Waals surface area contributed by atoms with Crippen molar-refractivity contribution in [2.45, 2.75) is 71.0 Å². The molecule has 0 bridgehead atoms. The molecule has 0 saturated heterocycles. The van der Waals surface area contributed by atoms with Crippen molar-refractivity contribution in [3.63, 3.8) is 0 Å². The van der Waals surface area contributed by atoms with Crippen molar-refractivity contribution in [2.24, 2.45) is 0 Å². The van der Waals surface area contributed by atoms with Gasteiger partial charge in [-0.3, -0.25) is 9.59 Å². The lowest BCUT2D eigenvalue weighted by molar-refractivity contribution is -0.143. The van der Waals surface area contributed by atoms with E-state index in [1.54, 1.807) is 11.0 Å². The minimum absolute atomic E-state index is 0.132. The predicted molar refractivity (Wildman–Crippen MR) is 152 cm³/mol. The van der Waals surface area contributed by atoms with Crippen LogP contribution in [0, 0.1) is 13.8 Å². The van der Waals surface area contributed by atoms with E-state index < -0.39 is 6.04 Å². The molecular formula is C32H37ClN2O3. The van der Waals surface area contributed by atoms with Gasteiger partial charge in [0.2, 0.25) is 5.91 Å². The zero-order valence-electron chi connectivity index (χ0n) is 22.3. The van der Waals surface area contributed by atoms with Crippen LogP contribution in [-0.4, -0.2) is 35.4 Å². The van der Waals surface area contributed by atoms with Gasteiger partial charge in [0.05, 0.1) is 0 Å². The molecule has 2 amide bonds. The number of carbonyl (C=O) groups excluding carboxylic acids is 2. The number of hydrogen-bond donors (Lipinski definition) is 1. The highest BCUT2D eigenvalue weighted by molar-refractivity contribution is 6.31. The quantitative estimate of drug-likeness (QED) is 0.327. The highest BCUT2D eigenvalue weighted by atomic mass is 35.5. The summed E-state index contributed by atoms with van der Waals surface area (Å²) in [5.41, 5.74) is 3.87. The zero-order valence-corrected chi connectivity index (χ0v) is 23.0. The van der Waals surface area contributed by atoms with Crippen LogP contribution in [0.5, 0.6) is 5.75 Å². The minimum Gasteiger partial charge on any atom is -0.483 e. The summed E-state index contributed by atoms with van der Waals surface area (Å²) >= 11 is 6.51. The summed E-state index contributed by atoms with van der Waals surface area (Å²) < 4.78 is 5.98. The van der Waals surface area contributed by atoms with E-state index in [-0.39, 0.29) is 31.0 Å². The van der Waals surface area contributed by atoms with Crippen LogP contribution in [0.1, 0.15) is 54.4 Å². The highest BCUT2D eigenvalue weighted by Crippen LogP contribution is 2.23. The second kappa shape index (κ2) is 13.5. The SMILES string of the molecule is Cc1ccc(OCC(=O)N(Cc2ccccc2Cl)[C@H](Cc2ccccc2)C(=O)NC2CCCCC2)c(C)c1. The van der Waals surface area contributed by atoms with Gasteiger partial charge in [0.25, 0.3) is 5.91 Å². The lowest BCUT2D eigenvalue weighted by Gasteiger charge is -2.33. The fourth-order valence-electron chi connectivity index (χ4n) is 5.09. The molecule has 6 heteroatoms. The molecule has 0 aromatic heterocycles. The van der Waals surface area contributed by atoms with Gasteiger partial charge in [0, 0.05) is 24.0 Å². The summed E-state index contributed by atoms with van der Waals surface area (Å²) in [7, 11) is 0. The van der Waals surface area contributed by atoms with Crippen molar-refractivity contribution >= 4 is 23.4 Å². The van der Waals surface area contributed by atoms with Crippen molar-refractivity contribution in [1.29, 1.82) is 0 Å². The fourth-order valence-corrected chi connectivity index (χ4v) is 5.29. The monoisotopic (exact) mass is 532 g/mol. The van der Waals surface area contributed by atoms with Gasteiger partial charge in [-0.15, -0.1) is 0 Å². The Morgan fingerprint density at radius 1 is 0.974 bits per heavy atom. The Balaban J connectivity index is 1.62. The molecule has 0 spiro atoms. The maximum atomic E-state index is 13.8. The van der Waals surface area contributed by atoms with E-state index in [2.05, 4.69) is 5.32 Å². The molecule has 3 aromatic rings. The topological polar surface area (TPSA) is 58.6 Å². The van der Waals surface area contributed by atoms with Gasteiger partial charge in [0.1, 0.15) is 11.8 Å². The van der Waals surface area contributed by atoms with Crippen molar-refractivity contribution in [1.82, 2.24) is 10.2 Å². The van der Waals surface area contributed by atoms with E-state index in [4.69, 9.17) is 16.3 Å². The van der Waals surface area contributed by atoms with Crippen molar-refractivity contribution in [3.8, 4) is 5.75 Å². The van der Waals surface area contributed by atoms with E-state index in [1.165, 1.54) is 6.42 Å². The molecule has 1 N–H and O–H groups in total. The van der Waals surface area contributed by atoms with Crippen LogP contribution in [0.2, 0.25) is 5.02 Å². The number of hydrogen-bond acceptors (Lipinski definition) is 3. The minimum atomic E-state index is -0.703. The molecule has 4 rings (SSSR count). The lowest BCUT2D eigenvalue weighted by atomic mass is 9.94. The molecule has 3 aromatic carbocycles. The van der Waals surface area contributed by atoms with Crippen LogP contribution in [0.25, 0.3) is 0 Å². The van der Waals surface area contributed by atoms with Crippen LogP contribution >= 0.6 is 11.6 Å². The third-order valence-electron chi connectivity index (χ3n) is 7.20. The average molecular weight is 533 g/mol. The smallest absolute Gasteiger partial charge is 0.261 e. The van der Waals surface area contributed by atoms with Crippen molar-refractivity contribution < 1.29 is 14.3 Å². The Labute approximate surface area is 231 Å². The number of amides is 2. The Morgan fingerprint density at radius 3 is 2.39 bits per heavy atom. The van der Waals surface area contributed by atoms with Crippen LogP contribution in [0.4, 0.5) is 0 Å². The Bertz CT molecular complexity index is 1220. The molecule has 0 radical (unpaired) electrons. The maximum absolute atomic E-state index is 13.8. The number of ether oxygens (including phenoxy) is 1. The molecule has 0 aliphatic heterocycles. The van der Waals surface area contributed by atoms with E-state index in [0.717, 1.165) is 47.9 Å². The van der Waals surface area contributed by atoms with Crippen LogP contribution in [0.3, 0.4) is 0 Å². The van der Waals surface area contributed by atoms with E-state index in [9.17, 15) is 9.59 Å². The standard InChI is InChI=1S/C32H37ClN2O3/c1-23-17-18-30(24(2)19-23)38-22-31(36)35(21-26-13-9-10-16-28(26)33)29(20-25-11-5-3-6-12-25)32(37)34-27-14-7-4-8-15-27/h3,5-6,9-13,16-19,27,29H,4,7-8,14-15,20-22H2,1-2H3,(H,34,37)/t29-/m1/s1. The van der Waals surface area contributed by atoms with Gasteiger partial charge in [-0.2, -0.15) is 0 Å². The molecule has 0 unspecified atom stereocenters. The van der Waals surface area contributed by atoms with Crippen molar-refractivity contribution in [2.75, 3.05) is 6.61 Å². The van der Waals surface area contributed by atoms with E-state index in [0.29, 0.717) is 17.2 Å². The Kier molecular flexibility index (Phi) is 9.83. The molecule has 200 valence electrons. The summed E-state index contributed by atoms with van der Waals surface area (Å²) in [6.07, 6.45) is 5.77. The zero-order chi connectivity index (χ0) is 26.9. The number of nitrogens with zero attached hydrogens (tertiary/aromatic N) is 1. The summed E-state index contributed by atoms with van der Waals surface area (Å²) in [6, 6.07) is 22.6. The summed E-state index contributed by atoms with van der Waals surface area (Å²) in [5, 5.41) is 3.82. The summed E-state index contributed by atoms with van der Waals surface area (Å²) in [4.78, 5) is 29.3. The van der Waals surface area contributed by atoms with Crippen LogP contribution < -0.4 is 10.1 Å². The van der Waals surface area contributed by atoms with E-state index >= 15 is 0 Å².